The monoisotopic (exact) mass is 258 g/mol. The second-order valence-electron chi connectivity index (χ2n) is 4.53. The molecule has 0 saturated carbocycles. The van der Waals surface area contributed by atoms with E-state index < -0.39 is 0 Å². The molecular weight excluding hydrogens is 239 g/mol. The van der Waals surface area contributed by atoms with Gasteiger partial charge in [-0.2, -0.15) is 0 Å². The Hall–Kier alpha value is -1.87. The summed E-state index contributed by atoms with van der Waals surface area (Å²) in [5, 5.41) is 3.37. The standard InChI is InChI=1S/C16H19FN2/c1-2-12-3-9-15(10-4-12)19-16(11-18)13-5-7-14(17)8-6-13/h3-10,16,19H,2,11,18H2,1H3. The number of halogens is 1. The summed E-state index contributed by atoms with van der Waals surface area (Å²) in [6, 6.07) is 14.7. The van der Waals surface area contributed by atoms with Gasteiger partial charge in [0, 0.05) is 12.2 Å². The molecule has 2 aromatic carbocycles. The zero-order valence-electron chi connectivity index (χ0n) is 11.1. The van der Waals surface area contributed by atoms with E-state index in [0.717, 1.165) is 17.7 Å². The average molecular weight is 258 g/mol. The van der Waals surface area contributed by atoms with Gasteiger partial charge < -0.3 is 11.1 Å². The molecule has 1 atom stereocenters. The van der Waals surface area contributed by atoms with Gasteiger partial charge in [-0.3, -0.25) is 0 Å². The van der Waals surface area contributed by atoms with E-state index in [2.05, 4.69) is 24.4 Å². The first-order chi connectivity index (χ1) is 9.22. The normalized spacial score (nSPS) is 12.2. The molecule has 0 spiro atoms. The summed E-state index contributed by atoms with van der Waals surface area (Å²) in [7, 11) is 0. The van der Waals surface area contributed by atoms with Crippen LogP contribution in [0.25, 0.3) is 0 Å². The number of anilines is 1. The Kier molecular flexibility index (Phi) is 4.53. The minimum absolute atomic E-state index is 0.00641. The maximum absolute atomic E-state index is 12.9. The molecule has 0 aromatic heterocycles. The van der Waals surface area contributed by atoms with E-state index in [1.807, 2.05) is 12.1 Å². The van der Waals surface area contributed by atoms with Crippen LogP contribution in [0.1, 0.15) is 24.1 Å². The molecular formula is C16H19FN2. The first-order valence-corrected chi connectivity index (χ1v) is 6.54. The van der Waals surface area contributed by atoms with Crippen LogP contribution in [0.5, 0.6) is 0 Å². The maximum atomic E-state index is 12.9. The fourth-order valence-corrected chi connectivity index (χ4v) is 2.01. The number of nitrogens with two attached hydrogens (primary N) is 1. The predicted molar refractivity (Wildman–Crippen MR) is 77.6 cm³/mol. The molecule has 0 bridgehead atoms. The SMILES string of the molecule is CCc1ccc(NC(CN)c2ccc(F)cc2)cc1. The van der Waals surface area contributed by atoms with Crippen LogP contribution in [0.2, 0.25) is 0 Å². The van der Waals surface area contributed by atoms with Crippen LogP contribution >= 0.6 is 0 Å². The highest BCUT2D eigenvalue weighted by atomic mass is 19.1. The summed E-state index contributed by atoms with van der Waals surface area (Å²) in [4.78, 5) is 0. The van der Waals surface area contributed by atoms with Crippen molar-refractivity contribution in [2.75, 3.05) is 11.9 Å². The van der Waals surface area contributed by atoms with Crippen LogP contribution < -0.4 is 11.1 Å². The molecule has 0 saturated heterocycles. The van der Waals surface area contributed by atoms with E-state index in [9.17, 15) is 4.39 Å². The van der Waals surface area contributed by atoms with Gasteiger partial charge in [-0.15, -0.1) is 0 Å². The highest BCUT2D eigenvalue weighted by molar-refractivity contribution is 5.47. The minimum Gasteiger partial charge on any atom is -0.377 e. The van der Waals surface area contributed by atoms with Gasteiger partial charge >= 0.3 is 0 Å². The van der Waals surface area contributed by atoms with Crippen molar-refractivity contribution in [1.29, 1.82) is 0 Å². The molecule has 2 aromatic rings. The molecule has 0 fully saturated rings. The Morgan fingerprint density at radius 2 is 1.68 bits per heavy atom. The largest absolute Gasteiger partial charge is 0.377 e. The van der Waals surface area contributed by atoms with E-state index in [1.54, 1.807) is 12.1 Å². The summed E-state index contributed by atoms with van der Waals surface area (Å²) in [5.41, 5.74) is 9.11. The van der Waals surface area contributed by atoms with Gasteiger partial charge in [0.2, 0.25) is 0 Å². The second-order valence-corrected chi connectivity index (χ2v) is 4.53. The molecule has 3 heteroatoms. The van der Waals surface area contributed by atoms with Gasteiger partial charge in [0.15, 0.2) is 0 Å². The molecule has 19 heavy (non-hydrogen) atoms. The van der Waals surface area contributed by atoms with Gasteiger partial charge in [0.25, 0.3) is 0 Å². The lowest BCUT2D eigenvalue weighted by Gasteiger charge is -2.18. The first-order valence-electron chi connectivity index (χ1n) is 6.54. The Labute approximate surface area is 113 Å². The quantitative estimate of drug-likeness (QED) is 0.861. The van der Waals surface area contributed by atoms with Crippen LogP contribution in [0, 0.1) is 5.82 Å². The number of hydrogen-bond donors (Lipinski definition) is 2. The van der Waals surface area contributed by atoms with Gasteiger partial charge in [0.1, 0.15) is 5.82 Å². The fraction of sp³-hybridized carbons (Fsp3) is 0.250. The van der Waals surface area contributed by atoms with Crippen molar-refractivity contribution < 1.29 is 4.39 Å². The van der Waals surface area contributed by atoms with Crippen LogP contribution in [0.3, 0.4) is 0 Å². The highest BCUT2D eigenvalue weighted by Crippen LogP contribution is 2.19. The lowest BCUT2D eigenvalue weighted by atomic mass is 10.1. The van der Waals surface area contributed by atoms with Gasteiger partial charge in [-0.25, -0.2) is 4.39 Å². The van der Waals surface area contributed by atoms with E-state index in [1.165, 1.54) is 17.7 Å². The number of benzene rings is 2. The number of hydrogen-bond acceptors (Lipinski definition) is 2. The van der Waals surface area contributed by atoms with E-state index in [0.29, 0.717) is 6.54 Å². The molecule has 0 aliphatic rings. The topological polar surface area (TPSA) is 38.0 Å². The molecule has 2 nitrogen and oxygen atoms in total. The third-order valence-corrected chi connectivity index (χ3v) is 3.21. The zero-order valence-corrected chi connectivity index (χ0v) is 11.1. The summed E-state index contributed by atoms with van der Waals surface area (Å²) < 4.78 is 12.9. The van der Waals surface area contributed by atoms with Crippen molar-refractivity contribution in [2.45, 2.75) is 19.4 Å². The minimum atomic E-state index is -0.230. The zero-order chi connectivity index (χ0) is 13.7. The van der Waals surface area contributed by atoms with E-state index in [-0.39, 0.29) is 11.9 Å². The summed E-state index contributed by atoms with van der Waals surface area (Å²) >= 11 is 0. The number of aryl methyl sites for hydroxylation is 1. The van der Waals surface area contributed by atoms with Crippen LogP contribution in [-0.2, 0) is 6.42 Å². The molecule has 0 aliphatic carbocycles. The number of nitrogens with one attached hydrogen (secondary N) is 1. The Morgan fingerprint density at radius 3 is 2.21 bits per heavy atom. The van der Waals surface area contributed by atoms with Gasteiger partial charge in [-0.05, 0) is 41.8 Å². The predicted octanol–water partition coefficient (Wildman–Crippen LogP) is 3.50. The third-order valence-electron chi connectivity index (χ3n) is 3.21. The summed E-state index contributed by atoms with van der Waals surface area (Å²) in [5.74, 6) is -0.230. The second kappa shape index (κ2) is 6.34. The van der Waals surface area contributed by atoms with Crippen molar-refractivity contribution in [3.8, 4) is 0 Å². The maximum Gasteiger partial charge on any atom is 0.123 e. The lowest BCUT2D eigenvalue weighted by Crippen LogP contribution is -2.20. The van der Waals surface area contributed by atoms with Crippen LogP contribution in [0.15, 0.2) is 48.5 Å². The summed E-state index contributed by atoms with van der Waals surface area (Å²) in [6.07, 6.45) is 1.03. The smallest absolute Gasteiger partial charge is 0.123 e. The Bertz CT molecular complexity index is 505. The van der Waals surface area contributed by atoms with E-state index in [4.69, 9.17) is 5.73 Å². The third kappa shape index (κ3) is 3.55. The summed E-state index contributed by atoms with van der Waals surface area (Å²) in [6.45, 7) is 2.59. The molecule has 0 radical (unpaired) electrons. The lowest BCUT2D eigenvalue weighted by molar-refractivity contribution is 0.626. The first kappa shape index (κ1) is 13.6. The molecule has 0 heterocycles. The highest BCUT2D eigenvalue weighted by Gasteiger charge is 2.09. The number of rotatable bonds is 5. The van der Waals surface area contributed by atoms with Gasteiger partial charge in [0.05, 0.1) is 6.04 Å². The van der Waals surface area contributed by atoms with Crippen molar-refractivity contribution in [3.05, 3.63) is 65.5 Å². The van der Waals surface area contributed by atoms with Gasteiger partial charge in [-0.1, -0.05) is 31.2 Å². The Balaban J connectivity index is 2.11. The molecule has 100 valence electrons. The Morgan fingerprint density at radius 1 is 1.05 bits per heavy atom. The molecule has 2 rings (SSSR count). The molecule has 1 unspecified atom stereocenters. The van der Waals surface area contributed by atoms with E-state index >= 15 is 0 Å². The van der Waals surface area contributed by atoms with Crippen molar-refractivity contribution in [1.82, 2.24) is 0 Å². The molecule has 0 amide bonds. The van der Waals surface area contributed by atoms with Crippen LogP contribution in [0.4, 0.5) is 10.1 Å². The van der Waals surface area contributed by atoms with Crippen molar-refractivity contribution in [2.24, 2.45) is 5.73 Å². The molecule has 3 N–H and O–H groups in total. The van der Waals surface area contributed by atoms with Crippen LogP contribution in [-0.4, -0.2) is 6.54 Å². The fourth-order valence-electron chi connectivity index (χ4n) is 2.01. The molecule has 0 aliphatic heterocycles. The van der Waals surface area contributed by atoms with Crippen molar-refractivity contribution >= 4 is 5.69 Å². The van der Waals surface area contributed by atoms with Crippen molar-refractivity contribution in [3.63, 3.8) is 0 Å². The average Bonchev–Trinajstić information content (AvgIpc) is 2.46.